The van der Waals surface area contributed by atoms with Crippen molar-refractivity contribution in [3.05, 3.63) is 39.1 Å². The number of rotatable bonds is 3. The van der Waals surface area contributed by atoms with Crippen LogP contribution < -0.4 is 4.80 Å². The maximum Gasteiger partial charge on any atom is 0.206 e. The molecule has 1 heterocycles. The van der Waals surface area contributed by atoms with Crippen LogP contribution in [0.1, 0.15) is 48.9 Å². The minimum atomic E-state index is -0.114. The molecule has 2 aromatic rings. The summed E-state index contributed by atoms with van der Waals surface area (Å²) in [5, 5.41) is 26.0. The molecule has 1 aromatic carbocycles. The first kappa shape index (κ1) is 16.8. The lowest BCUT2D eigenvalue weighted by Gasteiger charge is -2.16. The fourth-order valence-electron chi connectivity index (χ4n) is 2.94. The van der Waals surface area contributed by atoms with E-state index >= 15 is 0 Å². The van der Waals surface area contributed by atoms with Crippen LogP contribution in [-0.4, -0.2) is 27.1 Å². The third-order valence-corrected chi connectivity index (χ3v) is 5.43. The Morgan fingerprint density at radius 1 is 1.17 bits per heavy atom. The molecular formula is C18H23N3O2S. The number of phenolic OH excluding ortho intramolecular Hbond substituents is 2. The Bertz CT molecular complexity index is 814. The van der Waals surface area contributed by atoms with Gasteiger partial charge in [-0.25, -0.2) is 4.68 Å². The molecule has 128 valence electrons. The Morgan fingerprint density at radius 3 is 2.67 bits per heavy atom. The molecule has 2 N–H and O–H groups in total. The Balaban J connectivity index is 1.92. The van der Waals surface area contributed by atoms with E-state index in [0.717, 1.165) is 28.9 Å². The molecule has 1 aliphatic rings. The molecule has 1 saturated carbocycles. The van der Waals surface area contributed by atoms with Gasteiger partial charge in [-0.3, -0.25) is 4.99 Å². The summed E-state index contributed by atoms with van der Waals surface area (Å²) in [5.74, 6) is -0.213. The van der Waals surface area contributed by atoms with Crippen molar-refractivity contribution in [3.8, 4) is 11.5 Å². The molecule has 0 atom stereocenters. The molecule has 5 nitrogen and oxygen atoms in total. The standard InChI is InChI=1S/C18H23N3O2S/c1-12-11-24-18(20-15-6-4-3-5-7-15)21(12)19-10-14-8-9-16(22)17(23)13(14)2/h8-11,15,22-23H,3-7H2,1-2H3/b19-10+,20-18-. The molecule has 6 heteroatoms. The molecular weight excluding hydrogens is 322 g/mol. The summed E-state index contributed by atoms with van der Waals surface area (Å²) >= 11 is 1.61. The topological polar surface area (TPSA) is 70.1 Å². The van der Waals surface area contributed by atoms with Gasteiger partial charge in [0, 0.05) is 16.5 Å². The lowest BCUT2D eigenvalue weighted by Crippen LogP contribution is -2.19. The number of thiazole rings is 1. The highest BCUT2D eigenvalue weighted by molar-refractivity contribution is 7.07. The number of benzene rings is 1. The van der Waals surface area contributed by atoms with E-state index < -0.39 is 0 Å². The van der Waals surface area contributed by atoms with Gasteiger partial charge in [-0.1, -0.05) is 19.3 Å². The van der Waals surface area contributed by atoms with E-state index in [1.54, 1.807) is 30.5 Å². The second-order valence-electron chi connectivity index (χ2n) is 6.28. The molecule has 0 spiro atoms. The quantitative estimate of drug-likeness (QED) is 0.658. The van der Waals surface area contributed by atoms with E-state index in [0.29, 0.717) is 11.6 Å². The van der Waals surface area contributed by atoms with E-state index in [9.17, 15) is 10.2 Å². The molecule has 1 aromatic heterocycles. The zero-order valence-corrected chi connectivity index (χ0v) is 14.9. The minimum absolute atomic E-state index is 0.0990. The van der Waals surface area contributed by atoms with E-state index in [4.69, 9.17) is 4.99 Å². The van der Waals surface area contributed by atoms with Gasteiger partial charge in [0.25, 0.3) is 0 Å². The van der Waals surface area contributed by atoms with Gasteiger partial charge in [-0.15, -0.1) is 11.3 Å². The second kappa shape index (κ2) is 7.21. The predicted octanol–water partition coefficient (Wildman–Crippen LogP) is 3.69. The van der Waals surface area contributed by atoms with Gasteiger partial charge in [0.15, 0.2) is 11.5 Å². The lowest BCUT2D eigenvalue weighted by molar-refractivity contribution is 0.401. The van der Waals surface area contributed by atoms with Gasteiger partial charge in [-0.05, 0) is 38.8 Å². The number of phenols is 2. The molecule has 0 radical (unpaired) electrons. The van der Waals surface area contributed by atoms with E-state index in [1.165, 1.54) is 25.3 Å². The molecule has 1 aliphatic carbocycles. The first-order valence-electron chi connectivity index (χ1n) is 8.33. The molecule has 3 rings (SSSR count). The molecule has 0 saturated heterocycles. The lowest BCUT2D eigenvalue weighted by atomic mass is 9.96. The van der Waals surface area contributed by atoms with Crippen molar-refractivity contribution in [2.75, 3.05) is 0 Å². The van der Waals surface area contributed by atoms with Crippen LogP contribution in [0.5, 0.6) is 11.5 Å². The highest BCUT2D eigenvalue weighted by Gasteiger charge is 2.12. The van der Waals surface area contributed by atoms with Crippen LogP contribution in [0.15, 0.2) is 27.6 Å². The first-order valence-corrected chi connectivity index (χ1v) is 9.21. The fraction of sp³-hybridized carbons (Fsp3) is 0.444. The van der Waals surface area contributed by atoms with Crippen LogP contribution in [0.3, 0.4) is 0 Å². The Hall–Kier alpha value is -2.08. The number of hydrogen-bond donors (Lipinski definition) is 2. The molecule has 1 fully saturated rings. The number of aromatic hydroxyl groups is 2. The predicted molar refractivity (Wildman–Crippen MR) is 97.0 cm³/mol. The minimum Gasteiger partial charge on any atom is -0.504 e. The van der Waals surface area contributed by atoms with Crippen molar-refractivity contribution in [2.45, 2.75) is 52.0 Å². The van der Waals surface area contributed by atoms with E-state index in [1.807, 2.05) is 11.6 Å². The summed E-state index contributed by atoms with van der Waals surface area (Å²) in [5.41, 5.74) is 2.41. The average molecular weight is 345 g/mol. The zero-order valence-electron chi connectivity index (χ0n) is 14.1. The van der Waals surface area contributed by atoms with Crippen molar-refractivity contribution < 1.29 is 10.2 Å². The maximum absolute atomic E-state index is 9.83. The van der Waals surface area contributed by atoms with Crippen molar-refractivity contribution in [2.24, 2.45) is 10.1 Å². The summed E-state index contributed by atoms with van der Waals surface area (Å²) in [7, 11) is 0. The van der Waals surface area contributed by atoms with Crippen molar-refractivity contribution in [1.29, 1.82) is 0 Å². The Labute approximate surface area is 145 Å². The number of nitrogens with zero attached hydrogens (tertiary/aromatic N) is 3. The van der Waals surface area contributed by atoms with Crippen LogP contribution >= 0.6 is 11.3 Å². The molecule has 0 amide bonds. The van der Waals surface area contributed by atoms with Crippen molar-refractivity contribution in [3.63, 3.8) is 0 Å². The highest BCUT2D eigenvalue weighted by atomic mass is 32.1. The molecule has 24 heavy (non-hydrogen) atoms. The van der Waals surface area contributed by atoms with Gasteiger partial charge in [0.1, 0.15) is 0 Å². The smallest absolute Gasteiger partial charge is 0.206 e. The maximum atomic E-state index is 9.83. The summed E-state index contributed by atoms with van der Waals surface area (Å²) < 4.78 is 1.85. The molecule has 0 aliphatic heterocycles. The highest BCUT2D eigenvalue weighted by Crippen LogP contribution is 2.29. The van der Waals surface area contributed by atoms with E-state index in [2.05, 4.69) is 10.5 Å². The van der Waals surface area contributed by atoms with Gasteiger partial charge < -0.3 is 10.2 Å². The Kier molecular flexibility index (Phi) is 5.04. The SMILES string of the molecule is Cc1c(/C=N/n2c(C)cs/c2=N\C2CCCCC2)ccc(O)c1O. The van der Waals surface area contributed by atoms with Crippen LogP contribution in [0.25, 0.3) is 0 Å². The van der Waals surface area contributed by atoms with E-state index in [-0.39, 0.29) is 11.5 Å². The van der Waals surface area contributed by atoms with Crippen LogP contribution in [0, 0.1) is 13.8 Å². The first-order chi connectivity index (χ1) is 11.6. The monoisotopic (exact) mass is 345 g/mol. The fourth-order valence-corrected chi connectivity index (χ4v) is 3.82. The summed E-state index contributed by atoms with van der Waals surface area (Å²) in [6.45, 7) is 3.77. The molecule has 0 unspecified atom stereocenters. The Morgan fingerprint density at radius 2 is 1.92 bits per heavy atom. The van der Waals surface area contributed by atoms with Crippen LogP contribution in [0.4, 0.5) is 0 Å². The van der Waals surface area contributed by atoms with Gasteiger partial charge >= 0.3 is 0 Å². The van der Waals surface area contributed by atoms with Gasteiger partial charge in [-0.2, -0.15) is 5.10 Å². The third-order valence-electron chi connectivity index (χ3n) is 4.48. The normalized spacial score (nSPS) is 17.0. The summed E-state index contributed by atoms with van der Waals surface area (Å²) in [4.78, 5) is 5.80. The second-order valence-corrected chi connectivity index (χ2v) is 7.12. The number of hydrogen-bond acceptors (Lipinski definition) is 5. The van der Waals surface area contributed by atoms with Crippen molar-refractivity contribution in [1.82, 2.24) is 4.68 Å². The van der Waals surface area contributed by atoms with Gasteiger partial charge in [0.05, 0.1) is 18.0 Å². The van der Waals surface area contributed by atoms with Crippen molar-refractivity contribution >= 4 is 17.6 Å². The zero-order chi connectivity index (χ0) is 17.1. The number of aryl methyl sites for hydroxylation is 1. The average Bonchev–Trinajstić information content (AvgIpc) is 2.93. The van der Waals surface area contributed by atoms with Gasteiger partial charge in [0.2, 0.25) is 4.80 Å². The largest absolute Gasteiger partial charge is 0.504 e. The summed E-state index contributed by atoms with van der Waals surface area (Å²) in [6.07, 6.45) is 7.85. The summed E-state index contributed by atoms with van der Waals surface area (Å²) in [6, 6.07) is 3.62. The third kappa shape index (κ3) is 3.53. The molecule has 0 bridgehead atoms. The van der Waals surface area contributed by atoms with Crippen LogP contribution in [-0.2, 0) is 0 Å². The van der Waals surface area contributed by atoms with Crippen LogP contribution in [0.2, 0.25) is 0 Å². The number of aromatic nitrogens is 1.